The maximum absolute atomic E-state index is 12.4. The highest BCUT2D eigenvalue weighted by Gasteiger charge is 2.32. The fourth-order valence-corrected chi connectivity index (χ4v) is 2.22. The number of hydrogen-bond acceptors (Lipinski definition) is 3. The van der Waals surface area contributed by atoms with Crippen molar-refractivity contribution < 1.29 is 18.0 Å². The van der Waals surface area contributed by atoms with Gasteiger partial charge in [-0.2, -0.15) is 13.2 Å². The number of hydrogen-bond donors (Lipinski definition) is 1. The molecule has 0 radical (unpaired) electrons. The average Bonchev–Trinajstić information content (AvgIpc) is 2.46. The zero-order valence-corrected chi connectivity index (χ0v) is 11.1. The Morgan fingerprint density at radius 3 is 2.70 bits per heavy atom. The molecule has 1 aromatic rings. The van der Waals surface area contributed by atoms with Gasteiger partial charge in [-0.05, 0) is 31.5 Å². The largest absolute Gasteiger partial charge is 0.433 e. The Morgan fingerprint density at radius 2 is 2.20 bits per heavy atom. The molecule has 0 aromatic carbocycles. The Balaban J connectivity index is 2.08. The first-order valence-electron chi connectivity index (χ1n) is 6.40. The Hall–Kier alpha value is -1.63. The van der Waals surface area contributed by atoms with E-state index in [1.807, 2.05) is 0 Å². The standard InChI is InChI=1S/C13H16F3N3O/c1-19(10-3-2-6-17-8-10)12(20)9-4-5-11(18-7-9)13(14,15)16/h4-5,7,10,17H,2-3,6,8H2,1H3. The van der Waals surface area contributed by atoms with Crippen LogP contribution in [0.5, 0.6) is 0 Å². The second-order valence-electron chi connectivity index (χ2n) is 4.85. The minimum absolute atomic E-state index is 0.0681. The summed E-state index contributed by atoms with van der Waals surface area (Å²) in [5.74, 6) is -0.306. The Kier molecular flexibility index (Phi) is 4.27. The number of likely N-dealkylation sites (N-methyl/N-ethyl adjacent to an activating group) is 1. The number of nitrogens with one attached hydrogen (secondary N) is 1. The van der Waals surface area contributed by atoms with Gasteiger partial charge in [0.25, 0.3) is 5.91 Å². The van der Waals surface area contributed by atoms with Crippen LogP contribution < -0.4 is 5.32 Å². The summed E-state index contributed by atoms with van der Waals surface area (Å²) in [5, 5.41) is 3.19. The molecular formula is C13H16F3N3O. The average molecular weight is 287 g/mol. The molecule has 0 bridgehead atoms. The Morgan fingerprint density at radius 1 is 1.45 bits per heavy atom. The molecule has 1 aliphatic heterocycles. The molecule has 1 N–H and O–H groups in total. The molecule has 1 atom stereocenters. The van der Waals surface area contributed by atoms with Crippen molar-refractivity contribution in [3.8, 4) is 0 Å². The quantitative estimate of drug-likeness (QED) is 0.904. The monoisotopic (exact) mass is 287 g/mol. The van der Waals surface area contributed by atoms with Crippen molar-refractivity contribution >= 4 is 5.91 Å². The number of aromatic nitrogens is 1. The van der Waals surface area contributed by atoms with E-state index in [2.05, 4.69) is 10.3 Å². The molecule has 110 valence electrons. The molecule has 2 heterocycles. The zero-order valence-electron chi connectivity index (χ0n) is 11.1. The van der Waals surface area contributed by atoms with Crippen molar-refractivity contribution in [2.24, 2.45) is 0 Å². The second-order valence-corrected chi connectivity index (χ2v) is 4.85. The number of pyridine rings is 1. The summed E-state index contributed by atoms with van der Waals surface area (Å²) in [5.41, 5.74) is -0.817. The van der Waals surface area contributed by atoms with Gasteiger partial charge in [0.05, 0.1) is 5.56 Å². The minimum Gasteiger partial charge on any atom is -0.337 e. The molecule has 20 heavy (non-hydrogen) atoms. The van der Waals surface area contributed by atoms with Crippen LogP contribution in [0.1, 0.15) is 28.9 Å². The predicted octanol–water partition coefficient (Wildman–Crippen LogP) is 1.92. The van der Waals surface area contributed by atoms with Crippen molar-refractivity contribution in [3.05, 3.63) is 29.6 Å². The van der Waals surface area contributed by atoms with Crippen LogP contribution in [0.4, 0.5) is 13.2 Å². The lowest BCUT2D eigenvalue weighted by Gasteiger charge is -2.31. The SMILES string of the molecule is CN(C(=O)c1ccc(C(F)(F)F)nc1)C1CCCNC1. The van der Waals surface area contributed by atoms with E-state index in [0.29, 0.717) is 6.54 Å². The van der Waals surface area contributed by atoms with Gasteiger partial charge in [-0.1, -0.05) is 0 Å². The van der Waals surface area contributed by atoms with Gasteiger partial charge in [0, 0.05) is 25.8 Å². The van der Waals surface area contributed by atoms with Crippen molar-refractivity contribution in [1.82, 2.24) is 15.2 Å². The van der Waals surface area contributed by atoms with Crippen molar-refractivity contribution in [2.45, 2.75) is 25.1 Å². The van der Waals surface area contributed by atoms with Crippen LogP contribution in [0.2, 0.25) is 0 Å². The number of rotatable bonds is 2. The molecule has 1 aromatic heterocycles. The van der Waals surface area contributed by atoms with Crippen molar-refractivity contribution in [1.29, 1.82) is 0 Å². The first-order valence-corrected chi connectivity index (χ1v) is 6.40. The third-order valence-electron chi connectivity index (χ3n) is 3.44. The van der Waals surface area contributed by atoms with Gasteiger partial charge in [-0.15, -0.1) is 0 Å². The van der Waals surface area contributed by atoms with Crippen LogP contribution >= 0.6 is 0 Å². The van der Waals surface area contributed by atoms with E-state index in [1.165, 1.54) is 6.07 Å². The number of carbonyl (C=O) groups excluding carboxylic acids is 1. The molecule has 2 rings (SSSR count). The lowest BCUT2D eigenvalue weighted by molar-refractivity contribution is -0.141. The molecule has 1 amide bonds. The summed E-state index contributed by atoms with van der Waals surface area (Å²) >= 11 is 0. The lowest BCUT2D eigenvalue weighted by atomic mass is 10.1. The maximum Gasteiger partial charge on any atom is 0.433 e. The molecular weight excluding hydrogens is 271 g/mol. The van der Waals surface area contributed by atoms with E-state index >= 15 is 0 Å². The topological polar surface area (TPSA) is 45.2 Å². The fraction of sp³-hybridized carbons (Fsp3) is 0.538. The Bertz CT molecular complexity index is 467. The van der Waals surface area contributed by atoms with Crippen LogP contribution in [-0.2, 0) is 6.18 Å². The molecule has 0 spiro atoms. The molecule has 1 aliphatic rings. The Labute approximate surface area is 115 Å². The molecule has 7 heteroatoms. The van der Waals surface area contributed by atoms with E-state index in [-0.39, 0.29) is 17.5 Å². The smallest absolute Gasteiger partial charge is 0.337 e. The number of halogens is 3. The van der Waals surface area contributed by atoms with Crippen molar-refractivity contribution in [3.63, 3.8) is 0 Å². The highest BCUT2D eigenvalue weighted by molar-refractivity contribution is 5.94. The lowest BCUT2D eigenvalue weighted by Crippen LogP contribution is -2.46. The fourth-order valence-electron chi connectivity index (χ4n) is 2.22. The molecule has 1 unspecified atom stereocenters. The van der Waals surface area contributed by atoms with Crippen LogP contribution in [0.15, 0.2) is 18.3 Å². The summed E-state index contributed by atoms with van der Waals surface area (Å²) in [4.78, 5) is 17.1. The summed E-state index contributed by atoms with van der Waals surface area (Å²) in [6, 6.07) is 2.07. The minimum atomic E-state index is -4.49. The van der Waals surface area contributed by atoms with Gasteiger partial charge in [0.2, 0.25) is 0 Å². The van der Waals surface area contributed by atoms with E-state index < -0.39 is 11.9 Å². The third-order valence-corrected chi connectivity index (χ3v) is 3.44. The van der Waals surface area contributed by atoms with E-state index in [4.69, 9.17) is 0 Å². The highest BCUT2D eigenvalue weighted by Crippen LogP contribution is 2.27. The van der Waals surface area contributed by atoms with Gasteiger partial charge in [-0.25, -0.2) is 0 Å². The molecule has 4 nitrogen and oxygen atoms in total. The van der Waals surface area contributed by atoms with Gasteiger partial charge >= 0.3 is 6.18 Å². The summed E-state index contributed by atoms with van der Waals surface area (Å²) < 4.78 is 37.2. The molecule has 1 fully saturated rings. The number of piperidine rings is 1. The number of carbonyl (C=O) groups is 1. The van der Waals surface area contributed by atoms with Gasteiger partial charge in [0.1, 0.15) is 5.69 Å². The number of amides is 1. The molecule has 1 saturated heterocycles. The van der Waals surface area contributed by atoms with Crippen LogP contribution in [0.3, 0.4) is 0 Å². The number of alkyl halides is 3. The maximum atomic E-state index is 12.4. The normalized spacial score (nSPS) is 19.7. The van der Waals surface area contributed by atoms with Crippen LogP contribution in [0, 0.1) is 0 Å². The zero-order chi connectivity index (χ0) is 14.8. The van der Waals surface area contributed by atoms with Crippen molar-refractivity contribution in [2.75, 3.05) is 20.1 Å². The third kappa shape index (κ3) is 3.27. The molecule has 0 saturated carbocycles. The number of nitrogens with zero attached hydrogens (tertiary/aromatic N) is 2. The second kappa shape index (κ2) is 5.78. The van der Waals surface area contributed by atoms with Crippen LogP contribution in [-0.4, -0.2) is 42.0 Å². The summed E-state index contributed by atoms with van der Waals surface area (Å²) in [6.07, 6.45) is -1.63. The first-order chi connectivity index (χ1) is 9.39. The van der Waals surface area contributed by atoms with E-state index in [0.717, 1.165) is 31.6 Å². The first kappa shape index (κ1) is 14.8. The predicted molar refractivity (Wildman–Crippen MR) is 67.2 cm³/mol. The van der Waals surface area contributed by atoms with E-state index in [1.54, 1.807) is 11.9 Å². The summed E-state index contributed by atoms with van der Waals surface area (Å²) in [6.45, 7) is 1.64. The van der Waals surface area contributed by atoms with Gasteiger partial charge in [0.15, 0.2) is 0 Å². The highest BCUT2D eigenvalue weighted by atomic mass is 19.4. The molecule has 0 aliphatic carbocycles. The van der Waals surface area contributed by atoms with Crippen LogP contribution in [0.25, 0.3) is 0 Å². The van der Waals surface area contributed by atoms with Gasteiger partial charge < -0.3 is 10.2 Å². The van der Waals surface area contributed by atoms with Gasteiger partial charge in [-0.3, -0.25) is 9.78 Å². The summed E-state index contributed by atoms with van der Waals surface area (Å²) in [7, 11) is 1.66. The van der Waals surface area contributed by atoms with E-state index in [9.17, 15) is 18.0 Å².